The maximum atomic E-state index is 12.1. The summed E-state index contributed by atoms with van der Waals surface area (Å²) in [4.78, 5) is 11.5. The quantitative estimate of drug-likeness (QED) is 0.774. The Morgan fingerprint density at radius 2 is 2.06 bits per heavy atom. The molecule has 1 saturated heterocycles. The zero-order chi connectivity index (χ0) is 13.1. The first-order valence-electron chi connectivity index (χ1n) is 5.56. The largest absolute Gasteiger partial charge is 0.380 e. The van der Waals surface area contributed by atoms with E-state index in [0.29, 0.717) is 23.7 Å². The highest BCUT2D eigenvalue weighted by atomic mass is 32.2. The average Bonchev–Trinajstić information content (AvgIpc) is 2.91. The predicted octanol–water partition coefficient (Wildman–Crippen LogP) is 0.436. The van der Waals surface area contributed by atoms with Gasteiger partial charge in [0.15, 0.2) is 0 Å². The summed E-state index contributed by atoms with van der Waals surface area (Å²) in [6.45, 7) is 1.17. The molecule has 5 nitrogen and oxygen atoms in total. The molecule has 1 aliphatic heterocycles. The molecule has 6 heteroatoms. The molecule has 1 aromatic carbocycles. The summed E-state index contributed by atoms with van der Waals surface area (Å²) in [7, 11) is -1.10. The summed E-state index contributed by atoms with van der Waals surface area (Å²) in [5, 5.41) is 7.49. The van der Waals surface area contributed by atoms with Crippen molar-refractivity contribution in [2.24, 2.45) is 5.73 Å². The topological polar surface area (TPSA) is 93.2 Å². The Bertz CT molecular complexity index is 493. The lowest BCUT2D eigenvalue weighted by Gasteiger charge is -2.08. The fourth-order valence-electron chi connectivity index (χ4n) is 1.77. The molecule has 1 fully saturated rings. The number of hydrogen-bond acceptors (Lipinski definition) is 4. The summed E-state index contributed by atoms with van der Waals surface area (Å²) in [5.41, 5.74) is 5.22. The average molecular weight is 266 g/mol. The number of carbonyl (C=O) groups excluding carboxylic acids is 1. The van der Waals surface area contributed by atoms with Gasteiger partial charge in [-0.25, -0.2) is 0 Å². The Morgan fingerprint density at radius 3 is 2.56 bits per heavy atom. The Balaban J connectivity index is 2.14. The zero-order valence-electron chi connectivity index (χ0n) is 9.72. The van der Waals surface area contributed by atoms with Gasteiger partial charge in [0.2, 0.25) is 0 Å². The number of hydrogen-bond donors (Lipinski definition) is 2. The van der Waals surface area contributed by atoms with Gasteiger partial charge >= 0.3 is 0 Å². The third kappa shape index (κ3) is 2.65. The fourth-order valence-corrected chi connectivity index (χ4v) is 3.09. The van der Waals surface area contributed by atoms with Gasteiger partial charge in [-0.3, -0.25) is 14.4 Å². The molecule has 96 valence electrons. The van der Waals surface area contributed by atoms with Crippen LogP contribution in [0.2, 0.25) is 0 Å². The monoisotopic (exact) mass is 266 g/mol. The summed E-state index contributed by atoms with van der Waals surface area (Å²) >= 11 is 0. The van der Waals surface area contributed by atoms with Gasteiger partial charge in [0.1, 0.15) is 5.71 Å². The van der Waals surface area contributed by atoms with Crippen molar-refractivity contribution in [1.29, 1.82) is 5.41 Å². The van der Waals surface area contributed by atoms with Crippen LogP contribution < -0.4 is 5.73 Å². The second-order valence-corrected chi connectivity index (χ2v) is 5.78. The van der Waals surface area contributed by atoms with Gasteiger partial charge in [-0.05, 0) is 18.6 Å². The number of rotatable bonds is 4. The van der Waals surface area contributed by atoms with E-state index in [4.69, 9.17) is 15.9 Å². The number of carbonyl (C=O) groups is 1. The molecule has 3 N–H and O–H groups in total. The van der Waals surface area contributed by atoms with Gasteiger partial charge in [-0.2, -0.15) is 0 Å². The fraction of sp³-hybridized carbons (Fsp3) is 0.333. The molecule has 0 aromatic heterocycles. The first-order valence-corrected chi connectivity index (χ1v) is 6.78. The lowest BCUT2D eigenvalue weighted by Crippen LogP contribution is -2.23. The minimum absolute atomic E-state index is 0.0337. The first-order chi connectivity index (χ1) is 8.59. The molecular formula is C12H14N2O3S. The van der Waals surface area contributed by atoms with Gasteiger partial charge in [0.05, 0.1) is 22.7 Å². The van der Waals surface area contributed by atoms with E-state index < -0.39 is 16.7 Å². The van der Waals surface area contributed by atoms with Gasteiger partial charge in [0.25, 0.3) is 5.91 Å². The van der Waals surface area contributed by atoms with Gasteiger partial charge < -0.3 is 10.5 Å². The van der Waals surface area contributed by atoms with Crippen LogP contribution in [0.5, 0.6) is 0 Å². The van der Waals surface area contributed by atoms with Crippen LogP contribution in [0, 0.1) is 5.41 Å². The minimum Gasteiger partial charge on any atom is -0.380 e. The second kappa shape index (κ2) is 5.41. The molecule has 1 amide bonds. The number of nitrogens with two attached hydrogens (primary N) is 1. The smallest absolute Gasteiger partial charge is 0.267 e. The minimum atomic E-state index is -1.10. The van der Waals surface area contributed by atoms with Crippen LogP contribution in [-0.2, 0) is 20.3 Å². The molecule has 1 aromatic rings. The lowest BCUT2D eigenvalue weighted by molar-refractivity contribution is -0.112. The Morgan fingerprint density at radius 1 is 1.39 bits per heavy atom. The van der Waals surface area contributed by atoms with Crippen molar-refractivity contribution in [3.05, 3.63) is 29.8 Å². The molecule has 18 heavy (non-hydrogen) atoms. The molecular weight excluding hydrogens is 252 g/mol. The van der Waals surface area contributed by atoms with E-state index in [0.717, 1.165) is 6.42 Å². The summed E-state index contributed by atoms with van der Waals surface area (Å²) in [6.07, 6.45) is 0.797. The molecule has 2 atom stereocenters. The maximum Gasteiger partial charge on any atom is 0.267 e. The van der Waals surface area contributed by atoms with Crippen molar-refractivity contribution in [3.63, 3.8) is 0 Å². The summed E-state index contributed by atoms with van der Waals surface area (Å²) < 4.78 is 17.4. The molecule has 0 spiro atoms. The zero-order valence-corrected chi connectivity index (χ0v) is 10.5. The summed E-state index contributed by atoms with van der Waals surface area (Å²) in [6, 6.07) is 6.52. The summed E-state index contributed by atoms with van der Waals surface area (Å²) in [5.74, 6) is -0.770. The number of nitrogens with one attached hydrogen (secondary N) is 1. The van der Waals surface area contributed by atoms with Gasteiger partial charge in [-0.15, -0.1) is 0 Å². The Hall–Kier alpha value is -1.53. The van der Waals surface area contributed by atoms with Crippen molar-refractivity contribution in [2.45, 2.75) is 16.6 Å². The van der Waals surface area contributed by atoms with Crippen molar-refractivity contribution in [1.82, 2.24) is 0 Å². The molecule has 1 aliphatic rings. The standard InChI is InChI=1S/C12H14N2O3S/c13-11(12(14)15)8-1-3-9(4-2-8)18(16)10-5-6-17-7-10/h1-4,10,13H,5-7H2,(H2,14,15)/t10-,18?/m0/s1. The van der Waals surface area contributed by atoms with Crippen LogP contribution in [0.15, 0.2) is 29.2 Å². The highest BCUT2D eigenvalue weighted by Gasteiger charge is 2.23. The Labute approximate surface area is 107 Å². The third-order valence-corrected chi connectivity index (χ3v) is 4.53. The van der Waals surface area contributed by atoms with Crippen LogP contribution in [-0.4, -0.2) is 34.3 Å². The highest BCUT2D eigenvalue weighted by Crippen LogP contribution is 2.19. The van der Waals surface area contributed by atoms with Crippen molar-refractivity contribution in [3.8, 4) is 0 Å². The van der Waals surface area contributed by atoms with Crippen molar-refractivity contribution >= 4 is 22.4 Å². The van der Waals surface area contributed by atoms with Gasteiger partial charge in [-0.1, -0.05) is 12.1 Å². The van der Waals surface area contributed by atoms with Crippen molar-refractivity contribution in [2.75, 3.05) is 13.2 Å². The SMILES string of the molecule is N=C(C(N)=O)c1ccc(S(=O)[C@H]2CCOC2)cc1. The van der Waals surface area contributed by atoms with Crippen LogP contribution in [0.4, 0.5) is 0 Å². The van der Waals surface area contributed by atoms with E-state index in [1.807, 2.05) is 0 Å². The lowest BCUT2D eigenvalue weighted by atomic mass is 10.1. The van der Waals surface area contributed by atoms with E-state index in [-0.39, 0.29) is 11.0 Å². The predicted molar refractivity (Wildman–Crippen MR) is 68.1 cm³/mol. The van der Waals surface area contributed by atoms with Crippen LogP contribution in [0.1, 0.15) is 12.0 Å². The third-order valence-electron chi connectivity index (χ3n) is 2.81. The van der Waals surface area contributed by atoms with E-state index in [1.54, 1.807) is 24.3 Å². The van der Waals surface area contributed by atoms with Gasteiger partial charge in [0, 0.05) is 17.1 Å². The van der Waals surface area contributed by atoms with E-state index >= 15 is 0 Å². The molecule has 1 unspecified atom stereocenters. The highest BCUT2D eigenvalue weighted by molar-refractivity contribution is 7.85. The van der Waals surface area contributed by atoms with E-state index in [9.17, 15) is 9.00 Å². The van der Waals surface area contributed by atoms with Crippen LogP contribution >= 0.6 is 0 Å². The molecule has 0 saturated carbocycles. The number of primary amides is 1. The number of amides is 1. The second-order valence-electron chi connectivity index (χ2n) is 4.05. The van der Waals surface area contributed by atoms with Crippen molar-refractivity contribution < 1.29 is 13.7 Å². The number of ether oxygens (including phenoxy) is 1. The first kappa shape index (κ1) is 12.9. The van der Waals surface area contributed by atoms with E-state index in [1.165, 1.54) is 0 Å². The molecule has 0 aliphatic carbocycles. The molecule has 2 rings (SSSR count). The molecule has 0 bridgehead atoms. The normalized spacial score (nSPS) is 20.6. The Kier molecular flexibility index (Phi) is 3.88. The van der Waals surface area contributed by atoms with E-state index in [2.05, 4.69) is 0 Å². The molecule has 0 radical (unpaired) electrons. The van der Waals surface area contributed by atoms with Crippen LogP contribution in [0.25, 0.3) is 0 Å². The maximum absolute atomic E-state index is 12.1. The van der Waals surface area contributed by atoms with Crippen LogP contribution in [0.3, 0.4) is 0 Å². The number of benzene rings is 1. The molecule has 1 heterocycles.